The topological polar surface area (TPSA) is 96.1 Å². The Morgan fingerprint density at radius 3 is 2.32 bits per heavy atom. The Labute approximate surface area is 178 Å². The summed E-state index contributed by atoms with van der Waals surface area (Å²) in [5.74, 6) is -1.67. The number of carbonyl (C=O) groups excluding carboxylic acids is 1. The third kappa shape index (κ3) is 6.19. The fraction of sp³-hybridized carbons (Fsp3) is 0.750. The number of nitrogens with zero attached hydrogens (tertiary/aromatic N) is 3. The van der Waals surface area contributed by atoms with Crippen LogP contribution in [-0.2, 0) is 20.9 Å². The maximum absolute atomic E-state index is 12.6. The Bertz CT molecular complexity index is 768. The van der Waals surface area contributed by atoms with E-state index in [0.717, 1.165) is 82.7 Å². The molecule has 11 heteroatoms. The molecule has 0 radical (unpaired) electrons. The largest absolute Gasteiger partial charge is 0.490 e. The van der Waals surface area contributed by atoms with Crippen LogP contribution in [0.15, 0.2) is 10.6 Å². The second kappa shape index (κ2) is 9.56. The van der Waals surface area contributed by atoms with Gasteiger partial charge in [-0.1, -0.05) is 5.16 Å². The normalized spacial score (nSPS) is 23.6. The molecule has 31 heavy (non-hydrogen) atoms. The van der Waals surface area contributed by atoms with Crippen molar-refractivity contribution in [2.45, 2.75) is 69.9 Å². The first kappa shape index (κ1) is 23.5. The summed E-state index contributed by atoms with van der Waals surface area (Å²) < 4.78 is 43.2. The fourth-order valence-electron chi connectivity index (χ4n) is 4.34. The third-order valence-corrected chi connectivity index (χ3v) is 6.02. The number of carboxylic acids is 1. The van der Waals surface area contributed by atoms with Crippen molar-refractivity contribution >= 4 is 11.9 Å². The number of aliphatic carboxylic acids is 1. The average molecular weight is 447 g/mol. The number of aryl methyl sites for hydroxylation is 1. The molecule has 0 saturated carbocycles. The second-order valence-corrected chi connectivity index (χ2v) is 8.37. The molecule has 0 bridgehead atoms. The zero-order chi connectivity index (χ0) is 22.6. The van der Waals surface area contributed by atoms with Crippen molar-refractivity contribution in [3.05, 3.63) is 17.5 Å². The van der Waals surface area contributed by atoms with Crippen molar-refractivity contribution in [1.29, 1.82) is 0 Å². The molecule has 1 atom stereocenters. The minimum Gasteiger partial charge on any atom is -0.475 e. The van der Waals surface area contributed by atoms with Gasteiger partial charge in [0.25, 0.3) is 5.91 Å². The molecule has 1 aromatic heterocycles. The highest BCUT2D eigenvalue weighted by Crippen LogP contribution is 2.39. The molecule has 1 aromatic rings. The van der Waals surface area contributed by atoms with Gasteiger partial charge in [-0.05, 0) is 45.4 Å². The van der Waals surface area contributed by atoms with E-state index in [1.807, 2.05) is 17.9 Å². The first-order chi connectivity index (χ1) is 14.6. The van der Waals surface area contributed by atoms with Crippen molar-refractivity contribution < 1.29 is 37.1 Å². The van der Waals surface area contributed by atoms with E-state index >= 15 is 0 Å². The molecule has 4 heterocycles. The van der Waals surface area contributed by atoms with Crippen LogP contribution in [0.2, 0.25) is 0 Å². The number of carbonyl (C=O) groups is 2. The van der Waals surface area contributed by atoms with E-state index in [4.69, 9.17) is 19.2 Å². The highest BCUT2D eigenvalue weighted by Gasteiger charge is 2.45. The number of piperidine rings is 1. The number of amides is 1. The fourth-order valence-corrected chi connectivity index (χ4v) is 4.34. The lowest BCUT2D eigenvalue weighted by Gasteiger charge is -2.39. The van der Waals surface area contributed by atoms with Gasteiger partial charge in [0.15, 0.2) is 0 Å². The first-order valence-corrected chi connectivity index (χ1v) is 10.5. The van der Waals surface area contributed by atoms with Crippen LogP contribution in [0.3, 0.4) is 0 Å². The number of likely N-dealkylation sites (tertiary alicyclic amines) is 2. The lowest BCUT2D eigenvalue weighted by molar-refractivity contribution is -0.192. The summed E-state index contributed by atoms with van der Waals surface area (Å²) in [6.45, 7) is 6.58. The van der Waals surface area contributed by atoms with Crippen LogP contribution >= 0.6 is 0 Å². The Hall–Kier alpha value is -2.14. The Balaban J connectivity index is 0.000000339. The lowest BCUT2D eigenvalue weighted by atomic mass is 9.88. The number of hydrogen-bond acceptors (Lipinski definition) is 6. The standard InChI is InChI=1S/C18H27N3O3.C2HF3O2/c1-14-12-15(19-24-14)13-20-10-6-18(7-11-20)5-4-16(23-18)17(22)21-8-2-3-9-21;3-2(4,5)1(6)7/h12,16H,2-11,13H2,1H3;(H,6,7). The van der Waals surface area contributed by atoms with Gasteiger partial charge in [0.2, 0.25) is 0 Å². The van der Waals surface area contributed by atoms with Crippen LogP contribution < -0.4 is 0 Å². The summed E-state index contributed by atoms with van der Waals surface area (Å²) in [5, 5.41) is 11.2. The minimum absolute atomic E-state index is 0.0731. The Kier molecular flexibility index (Phi) is 7.25. The molecule has 1 N–H and O–H groups in total. The number of alkyl halides is 3. The number of halogens is 3. The first-order valence-electron chi connectivity index (χ1n) is 10.5. The molecule has 3 saturated heterocycles. The minimum atomic E-state index is -5.08. The molecule has 4 rings (SSSR count). The van der Waals surface area contributed by atoms with Gasteiger partial charge in [-0.2, -0.15) is 13.2 Å². The van der Waals surface area contributed by atoms with Crippen LogP contribution in [0, 0.1) is 6.92 Å². The number of ether oxygens (including phenoxy) is 1. The van der Waals surface area contributed by atoms with Crippen LogP contribution in [0.5, 0.6) is 0 Å². The van der Waals surface area contributed by atoms with Gasteiger partial charge in [-0.3, -0.25) is 9.69 Å². The molecule has 8 nitrogen and oxygen atoms in total. The quantitative estimate of drug-likeness (QED) is 0.761. The molecule has 1 amide bonds. The molecule has 174 valence electrons. The van der Waals surface area contributed by atoms with E-state index in [-0.39, 0.29) is 17.6 Å². The van der Waals surface area contributed by atoms with Gasteiger partial charge in [0, 0.05) is 38.8 Å². The highest BCUT2D eigenvalue weighted by molar-refractivity contribution is 5.81. The molecule has 3 aliphatic rings. The van der Waals surface area contributed by atoms with Gasteiger partial charge >= 0.3 is 12.1 Å². The van der Waals surface area contributed by atoms with E-state index in [1.165, 1.54) is 0 Å². The van der Waals surface area contributed by atoms with Crippen molar-refractivity contribution in [2.75, 3.05) is 26.2 Å². The predicted molar refractivity (Wildman–Crippen MR) is 102 cm³/mol. The molecule has 1 spiro atoms. The summed E-state index contributed by atoms with van der Waals surface area (Å²) in [7, 11) is 0. The van der Waals surface area contributed by atoms with Crippen molar-refractivity contribution in [1.82, 2.24) is 15.0 Å². The average Bonchev–Trinajstić information content (AvgIpc) is 3.45. The van der Waals surface area contributed by atoms with E-state index in [1.54, 1.807) is 0 Å². The maximum atomic E-state index is 12.6. The number of hydrogen-bond donors (Lipinski definition) is 1. The number of aromatic nitrogens is 1. The predicted octanol–water partition coefficient (Wildman–Crippen LogP) is 2.75. The summed E-state index contributed by atoms with van der Waals surface area (Å²) in [6.07, 6.45) is 0.917. The molecule has 3 fully saturated rings. The number of rotatable bonds is 3. The van der Waals surface area contributed by atoms with Gasteiger partial charge in [0.05, 0.1) is 11.3 Å². The zero-order valence-corrected chi connectivity index (χ0v) is 17.5. The van der Waals surface area contributed by atoms with Crippen molar-refractivity contribution in [3.63, 3.8) is 0 Å². The van der Waals surface area contributed by atoms with Gasteiger partial charge < -0.3 is 19.3 Å². The van der Waals surface area contributed by atoms with E-state index in [2.05, 4.69) is 10.1 Å². The van der Waals surface area contributed by atoms with Gasteiger partial charge in [-0.15, -0.1) is 0 Å². The summed E-state index contributed by atoms with van der Waals surface area (Å²) in [4.78, 5) is 25.8. The molecule has 0 aliphatic carbocycles. The molecule has 1 unspecified atom stereocenters. The highest BCUT2D eigenvalue weighted by atomic mass is 19.4. The van der Waals surface area contributed by atoms with Crippen LogP contribution in [0.25, 0.3) is 0 Å². The molecular formula is C20H28F3N3O5. The van der Waals surface area contributed by atoms with E-state index in [0.29, 0.717) is 0 Å². The van der Waals surface area contributed by atoms with Crippen LogP contribution in [0.1, 0.15) is 50.0 Å². The molecule has 0 aromatic carbocycles. The van der Waals surface area contributed by atoms with Crippen molar-refractivity contribution in [3.8, 4) is 0 Å². The Morgan fingerprint density at radius 1 is 1.19 bits per heavy atom. The second-order valence-electron chi connectivity index (χ2n) is 8.37. The zero-order valence-electron chi connectivity index (χ0n) is 17.5. The smallest absolute Gasteiger partial charge is 0.475 e. The SMILES string of the molecule is Cc1cc(CN2CCC3(CCC(C(=O)N4CCCC4)O3)CC2)no1.O=C(O)C(F)(F)F. The van der Waals surface area contributed by atoms with Crippen LogP contribution in [0.4, 0.5) is 13.2 Å². The van der Waals surface area contributed by atoms with E-state index < -0.39 is 12.1 Å². The summed E-state index contributed by atoms with van der Waals surface area (Å²) in [5.41, 5.74) is 0.925. The Morgan fingerprint density at radius 2 is 1.81 bits per heavy atom. The lowest BCUT2D eigenvalue weighted by Crippen LogP contribution is -2.45. The van der Waals surface area contributed by atoms with Crippen molar-refractivity contribution in [2.24, 2.45) is 0 Å². The molecular weight excluding hydrogens is 419 g/mol. The van der Waals surface area contributed by atoms with Crippen LogP contribution in [-0.4, -0.2) is 76.0 Å². The van der Waals surface area contributed by atoms with E-state index in [9.17, 15) is 18.0 Å². The van der Waals surface area contributed by atoms with Gasteiger partial charge in [-0.25, -0.2) is 4.79 Å². The number of carboxylic acid groups (broad SMARTS) is 1. The third-order valence-electron chi connectivity index (χ3n) is 6.02. The maximum Gasteiger partial charge on any atom is 0.490 e. The van der Waals surface area contributed by atoms with Gasteiger partial charge in [0.1, 0.15) is 11.9 Å². The monoisotopic (exact) mass is 447 g/mol. The summed E-state index contributed by atoms with van der Waals surface area (Å²) in [6, 6.07) is 2.00. The molecule has 3 aliphatic heterocycles. The summed E-state index contributed by atoms with van der Waals surface area (Å²) >= 11 is 0.